The summed E-state index contributed by atoms with van der Waals surface area (Å²) in [5.74, 6) is -0.679. The molecule has 1 aromatic heterocycles. The van der Waals surface area contributed by atoms with Crippen molar-refractivity contribution in [3.8, 4) is 0 Å². The molecule has 1 heterocycles. The zero-order chi connectivity index (χ0) is 15.3. The molecule has 0 saturated carbocycles. The molecule has 0 aliphatic rings. The summed E-state index contributed by atoms with van der Waals surface area (Å²) in [6, 6.07) is 1.69. The summed E-state index contributed by atoms with van der Waals surface area (Å²) in [5, 5.41) is 6.45. The van der Waals surface area contributed by atoms with E-state index < -0.39 is 17.7 Å². The third kappa shape index (κ3) is 5.13. The minimum Gasteiger partial charge on any atom is -0.464 e. The van der Waals surface area contributed by atoms with Gasteiger partial charge in [-0.15, -0.1) is 0 Å². The number of esters is 1. The van der Waals surface area contributed by atoms with E-state index in [4.69, 9.17) is 4.74 Å². The van der Waals surface area contributed by atoms with Crippen LogP contribution in [0.5, 0.6) is 0 Å². The number of carbonyl (C=O) groups excluding carboxylic acids is 2. The first-order valence-electron chi connectivity index (χ1n) is 6.01. The van der Waals surface area contributed by atoms with Crippen LogP contribution in [0.25, 0.3) is 6.08 Å². The molecule has 0 saturated heterocycles. The van der Waals surface area contributed by atoms with Crippen LogP contribution in [-0.2, 0) is 21.3 Å². The van der Waals surface area contributed by atoms with Gasteiger partial charge in [0.05, 0.1) is 12.8 Å². The normalized spacial score (nSPS) is 11.9. The Bertz CT molecular complexity index is 526. The van der Waals surface area contributed by atoms with Crippen molar-refractivity contribution in [1.82, 2.24) is 15.1 Å². The van der Waals surface area contributed by atoms with Gasteiger partial charge in [0, 0.05) is 13.2 Å². The first-order chi connectivity index (χ1) is 9.21. The highest BCUT2D eigenvalue weighted by Crippen LogP contribution is 2.09. The van der Waals surface area contributed by atoms with E-state index in [1.165, 1.54) is 13.2 Å². The maximum absolute atomic E-state index is 11.7. The Morgan fingerprint density at radius 3 is 2.50 bits per heavy atom. The van der Waals surface area contributed by atoms with Gasteiger partial charge in [-0.25, -0.2) is 9.59 Å². The molecule has 0 bridgehead atoms. The average Bonchev–Trinajstić information content (AvgIpc) is 2.70. The van der Waals surface area contributed by atoms with Crippen LogP contribution < -0.4 is 5.32 Å². The Labute approximate surface area is 117 Å². The molecular weight excluding hydrogens is 262 g/mol. The van der Waals surface area contributed by atoms with Crippen LogP contribution in [-0.4, -0.2) is 34.6 Å². The van der Waals surface area contributed by atoms with Gasteiger partial charge in [-0.3, -0.25) is 10.00 Å². The lowest BCUT2D eigenvalue weighted by atomic mass is 10.2. The molecule has 20 heavy (non-hydrogen) atoms. The number of rotatable bonds is 3. The summed E-state index contributed by atoms with van der Waals surface area (Å²) in [4.78, 5) is 23.3. The highest BCUT2D eigenvalue weighted by atomic mass is 16.6. The lowest BCUT2D eigenvalue weighted by Crippen LogP contribution is -2.34. The van der Waals surface area contributed by atoms with E-state index in [9.17, 15) is 9.59 Å². The van der Waals surface area contributed by atoms with Crippen molar-refractivity contribution in [1.29, 1.82) is 0 Å². The molecular formula is C13H19N3O4. The standard InChI is InChI=1S/C13H19N3O4/c1-13(2,3)20-12(18)14-10(11(17)19-5)8-9-6-7-16(4)15-9/h6-8H,1-5H3,(H,14,18). The first-order valence-corrected chi connectivity index (χ1v) is 6.01. The van der Waals surface area contributed by atoms with Gasteiger partial charge in [0.2, 0.25) is 0 Å². The number of aromatic nitrogens is 2. The fourth-order valence-corrected chi connectivity index (χ4v) is 1.33. The van der Waals surface area contributed by atoms with E-state index in [0.717, 1.165) is 0 Å². The summed E-state index contributed by atoms with van der Waals surface area (Å²) in [6.07, 6.45) is 2.40. The molecule has 0 aromatic carbocycles. The third-order valence-corrected chi connectivity index (χ3v) is 2.07. The molecule has 7 heteroatoms. The number of nitrogens with one attached hydrogen (secondary N) is 1. The zero-order valence-electron chi connectivity index (χ0n) is 12.3. The first kappa shape index (κ1) is 15.7. The molecule has 0 fully saturated rings. The van der Waals surface area contributed by atoms with Crippen LogP contribution in [0.4, 0.5) is 4.79 Å². The molecule has 110 valence electrons. The topological polar surface area (TPSA) is 82.5 Å². The molecule has 0 aliphatic heterocycles. The zero-order valence-corrected chi connectivity index (χ0v) is 12.3. The molecule has 1 aromatic rings. The molecule has 7 nitrogen and oxygen atoms in total. The molecule has 0 atom stereocenters. The lowest BCUT2D eigenvalue weighted by Gasteiger charge is -2.19. The van der Waals surface area contributed by atoms with Crippen molar-refractivity contribution in [2.75, 3.05) is 7.11 Å². The number of nitrogens with zero attached hydrogens (tertiary/aromatic N) is 2. The van der Waals surface area contributed by atoms with Crippen LogP contribution in [0, 0.1) is 0 Å². The summed E-state index contributed by atoms with van der Waals surface area (Å²) < 4.78 is 11.3. The van der Waals surface area contributed by atoms with Crippen LogP contribution in [0.2, 0.25) is 0 Å². The van der Waals surface area contributed by atoms with Gasteiger partial charge in [-0.05, 0) is 32.9 Å². The Balaban J connectivity index is 2.88. The van der Waals surface area contributed by atoms with Crippen molar-refractivity contribution >= 4 is 18.1 Å². The quantitative estimate of drug-likeness (QED) is 0.670. The van der Waals surface area contributed by atoms with Gasteiger partial charge in [-0.2, -0.15) is 5.10 Å². The number of hydrogen-bond acceptors (Lipinski definition) is 5. The summed E-state index contributed by atoms with van der Waals surface area (Å²) in [5.41, 5.74) is -0.180. The van der Waals surface area contributed by atoms with Crippen LogP contribution in [0.3, 0.4) is 0 Å². The van der Waals surface area contributed by atoms with E-state index in [0.29, 0.717) is 5.69 Å². The molecule has 1 amide bonds. The summed E-state index contributed by atoms with van der Waals surface area (Å²) >= 11 is 0. The SMILES string of the molecule is COC(=O)C(=Cc1ccn(C)n1)NC(=O)OC(C)(C)C. The fraction of sp³-hybridized carbons (Fsp3) is 0.462. The number of methoxy groups -OCH3 is 1. The number of hydrogen-bond donors (Lipinski definition) is 1. The highest BCUT2D eigenvalue weighted by molar-refractivity contribution is 5.96. The molecule has 0 spiro atoms. The van der Waals surface area contributed by atoms with Crippen LogP contribution in [0.1, 0.15) is 26.5 Å². The van der Waals surface area contributed by atoms with Crippen molar-refractivity contribution in [2.45, 2.75) is 26.4 Å². The highest BCUT2D eigenvalue weighted by Gasteiger charge is 2.20. The van der Waals surface area contributed by atoms with Gasteiger partial charge < -0.3 is 9.47 Å². The maximum atomic E-state index is 11.7. The number of aryl methyl sites for hydroxylation is 1. The van der Waals surface area contributed by atoms with Gasteiger partial charge in [0.1, 0.15) is 11.3 Å². The Hall–Kier alpha value is -2.31. The van der Waals surface area contributed by atoms with Crippen LogP contribution >= 0.6 is 0 Å². The molecule has 1 rings (SSSR count). The van der Waals surface area contributed by atoms with Crippen molar-refractivity contribution < 1.29 is 19.1 Å². The third-order valence-electron chi connectivity index (χ3n) is 2.07. The minimum absolute atomic E-state index is 0.0412. The Kier molecular flexibility index (Phi) is 4.90. The van der Waals surface area contributed by atoms with E-state index in [1.54, 1.807) is 44.8 Å². The average molecular weight is 281 g/mol. The largest absolute Gasteiger partial charge is 0.464 e. The summed E-state index contributed by atoms with van der Waals surface area (Å²) in [6.45, 7) is 5.19. The van der Waals surface area contributed by atoms with Crippen LogP contribution in [0.15, 0.2) is 18.0 Å². The smallest absolute Gasteiger partial charge is 0.412 e. The maximum Gasteiger partial charge on any atom is 0.412 e. The second-order valence-corrected chi connectivity index (χ2v) is 5.09. The minimum atomic E-state index is -0.731. The number of carbonyl (C=O) groups is 2. The van der Waals surface area contributed by atoms with E-state index in [-0.39, 0.29) is 5.70 Å². The fourth-order valence-electron chi connectivity index (χ4n) is 1.33. The van der Waals surface area contributed by atoms with Crippen molar-refractivity contribution in [3.63, 3.8) is 0 Å². The van der Waals surface area contributed by atoms with E-state index >= 15 is 0 Å². The molecule has 0 radical (unpaired) electrons. The lowest BCUT2D eigenvalue weighted by molar-refractivity contribution is -0.136. The van der Waals surface area contributed by atoms with Crippen molar-refractivity contribution in [2.24, 2.45) is 7.05 Å². The van der Waals surface area contributed by atoms with E-state index in [2.05, 4.69) is 15.2 Å². The van der Waals surface area contributed by atoms with E-state index in [1.807, 2.05) is 0 Å². The predicted octanol–water partition coefficient (Wildman–Crippen LogP) is 1.46. The Morgan fingerprint density at radius 2 is 2.05 bits per heavy atom. The second-order valence-electron chi connectivity index (χ2n) is 5.09. The number of alkyl carbamates (subject to hydrolysis) is 1. The number of amides is 1. The summed E-state index contributed by atoms with van der Waals surface area (Å²) in [7, 11) is 2.97. The van der Waals surface area contributed by atoms with Crippen molar-refractivity contribution in [3.05, 3.63) is 23.7 Å². The van der Waals surface area contributed by atoms with Gasteiger partial charge in [-0.1, -0.05) is 0 Å². The monoisotopic (exact) mass is 281 g/mol. The molecule has 0 aliphatic carbocycles. The molecule has 0 unspecified atom stereocenters. The number of ether oxygens (including phenoxy) is 2. The molecule has 1 N–H and O–H groups in total. The predicted molar refractivity (Wildman–Crippen MR) is 72.6 cm³/mol. The second kappa shape index (κ2) is 6.23. The Morgan fingerprint density at radius 1 is 1.40 bits per heavy atom. The van der Waals surface area contributed by atoms with Gasteiger partial charge in [0.15, 0.2) is 0 Å². The van der Waals surface area contributed by atoms with Gasteiger partial charge >= 0.3 is 12.1 Å². The van der Waals surface area contributed by atoms with Gasteiger partial charge in [0.25, 0.3) is 0 Å².